The number of allylic oxidation sites excluding steroid dienone is 1. The summed E-state index contributed by atoms with van der Waals surface area (Å²) in [6, 6.07) is 0. The third kappa shape index (κ3) is 11.8. The normalized spacial score (nSPS) is 12.3. The lowest BCUT2D eigenvalue weighted by molar-refractivity contribution is 0.109. The summed E-state index contributed by atoms with van der Waals surface area (Å²) in [5.41, 5.74) is 1.71. The number of morpholine rings is 1. The van der Waals surface area contributed by atoms with Gasteiger partial charge in [-0.3, -0.25) is 4.98 Å². The van der Waals surface area contributed by atoms with Crippen molar-refractivity contribution in [3.63, 3.8) is 0 Å². The standard InChI is InChI=1S/C8H10FN.C4H9NO.C3H6.C2H2/c1-3-7-6(2)4-10-5-8(7)9;1-3-6-4-2-5-1;1-3-2;1-2/h4-5H,3H2,1-2H3;5H,1-4H2;3H,1H2,2H3;1-2H. The minimum absolute atomic E-state index is 0.192. The van der Waals surface area contributed by atoms with Gasteiger partial charge in [-0.2, -0.15) is 0 Å². The summed E-state index contributed by atoms with van der Waals surface area (Å²) in [5, 5.41) is 3.16. The maximum atomic E-state index is 12.8. The zero-order valence-electron chi connectivity index (χ0n) is 13.4. The Balaban J connectivity index is 0. The molecule has 4 heteroatoms. The Kier molecular flexibility index (Phi) is 16.8. The van der Waals surface area contributed by atoms with Gasteiger partial charge in [0.1, 0.15) is 5.82 Å². The summed E-state index contributed by atoms with van der Waals surface area (Å²) in [6.07, 6.45) is 13.4. The number of ether oxygens (including phenoxy) is 1. The molecule has 0 aromatic carbocycles. The van der Waals surface area contributed by atoms with E-state index in [0.717, 1.165) is 43.9 Å². The molecule has 1 saturated heterocycles. The minimum Gasteiger partial charge on any atom is -0.379 e. The Hall–Kier alpha value is -1.70. The highest BCUT2D eigenvalue weighted by atomic mass is 19.1. The van der Waals surface area contributed by atoms with Crippen LogP contribution in [0.15, 0.2) is 25.0 Å². The molecule has 3 nitrogen and oxygen atoms in total. The van der Waals surface area contributed by atoms with Gasteiger partial charge >= 0.3 is 0 Å². The van der Waals surface area contributed by atoms with Gasteiger partial charge < -0.3 is 10.1 Å². The van der Waals surface area contributed by atoms with Gasteiger partial charge in [0.05, 0.1) is 19.4 Å². The van der Waals surface area contributed by atoms with Gasteiger partial charge in [-0.1, -0.05) is 13.0 Å². The monoisotopic (exact) mass is 294 g/mol. The predicted molar refractivity (Wildman–Crippen MR) is 87.8 cm³/mol. The molecule has 1 aromatic heterocycles. The molecule has 0 unspecified atom stereocenters. The fourth-order valence-electron chi connectivity index (χ4n) is 1.52. The molecule has 0 saturated carbocycles. The second kappa shape index (κ2) is 16.4. The Labute approximate surface area is 128 Å². The van der Waals surface area contributed by atoms with E-state index in [9.17, 15) is 4.39 Å². The van der Waals surface area contributed by atoms with Crippen molar-refractivity contribution < 1.29 is 9.13 Å². The molecule has 1 aromatic rings. The van der Waals surface area contributed by atoms with Crippen LogP contribution in [0.25, 0.3) is 0 Å². The molecule has 0 amide bonds. The van der Waals surface area contributed by atoms with Crippen molar-refractivity contribution in [1.29, 1.82) is 0 Å². The topological polar surface area (TPSA) is 34.1 Å². The SMILES string of the molecule is C#C.C1COCCN1.C=CC.CCc1c(C)cncc1F. The van der Waals surface area contributed by atoms with Gasteiger partial charge in [0.2, 0.25) is 0 Å². The maximum Gasteiger partial charge on any atom is 0.144 e. The summed E-state index contributed by atoms with van der Waals surface area (Å²) >= 11 is 0. The molecule has 1 N–H and O–H groups in total. The number of aryl methyl sites for hydroxylation is 1. The molecule has 0 aliphatic carbocycles. The zero-order valence-corrected chi connectivity index (χ0v) is 13.4. The number of halogens is 1. The minimum atomic E-state index is -0.192. The predicted octanol–water partition coefficient (Wildman–Crippen LogP) is 3.14. The molecule has 2 rings (SSSR count). The third-order valence-electron chi connectivity index (χ3n) is 2.42. The van der Waals surface area contributed by atoms with E-state index in [0.29, 0.717) is 0 Å². The number of pyridine rings is 1. The number of aromatic nitrogens is 1. The first-order valence-corrected chi connectivity index (χ1v) is 6.95. The molecule has 2 heterocycles. The number of rotatable bonds is 1. The summed E-state index contributed by atoms with van der Waals surface area (Å²) in [5.74, 6) is -0.192. The molecule has 0 radical (unpaired) electrons. The van der Waals surface area contributed by atoms with E-state index in [1.54, 1.807) is 12.3 Å². The largest absolute Gasteiger partial charge is 0.379 e. The van der Waals surface area contributed by atoms with Crippen LogP contribution in [0.1, 0.15) is 25.0 Å². The van der Waals surface area contributed by atoms with Crippen LogP contribution in [-0.4, -0.2) is 31.3 Å². The Morgan fingerprint density at radius 2 is 1.90 bits per heavy atom. The average Bonchev–Trinajstić information content (AvgIpc) is 2.53. The first-order chi connectivity index (χ1) is 10.2. The molecule has 118 valence electrons. The Morgan fingerprint density at radius 3 is 2.14 bits per heavy atom. The molecular weight excluding hydrogens is 267 g/mol. The fourth-order valence-corrected chi connectivity index (χ4v) is 1.52. The second-order valence-electron chi connectivity index (χ2n) is 4.04. The first kappa shape index (κ1) is 21.6. The molecule has 1 aliphatic heterocycles. The van der Waals surface area contributed by atoms with Crippen LogP contribution in [0.5, 0.6) is 0 Å². The number of hydrogen-bond acceptors (Lipinski definition) is 3. The van der Waals surface area contributed by atoms with Gasteiger partial charge in [-0.05, 0) is 31.4 Å². The lowest BCUT2D eigenvalue weighted by Gasteiger charge is -2.10. The third-order valence-corrected chi connectivity index (χ3v) is 2.42. The number of hydrogen-bond donors (Lipinski definition) is 1. The second-order valence-corrected chi connectivity index (χ2v) is 4.04. The highest BCUT2D eigenvalue weighted by Crippen LogP contribution is 2.10. The molecule has 1 aliphatic rings. The lowest BCUT2D eigenvalue weighted by atomic mass is 10.1. The summed E-state index contributed by atoms with van der Waals surface area (Å²) in [6.45, 7) is 12.9. The van der Waals surface area contributed by atoms with Crippen molar-refractivity contribution in [3.8, 4) is 12.8 Å². The van der Waals surface area contributed by atoms with Crippen LogP contribution in [0.2, 0.25) is 0 Å². The van der Waals surface area contributed by atoms with Crippen LogP contribution in [-0.2, 0) is 11.2 Å². The van der Waals surface area contributed by atoms with E-state index >= 15 is 0 Å². The van der Waals surface area contributed by atoms with Gasteiger partial charge in [0.15, 0.2) is 0 Å². The van der Waals surface area contributed by atoms with Gasteiger partial charge in [0, 0.05) is 19.3 Å². The summed E-state index contributed by atoms with van der Waals surface area (Å²) < 4.78 is 17.8. The van der Waals surface area contributed by atoms with Crippen molar-refractivity contribution in [3.05, 3.63) is 42.0 Å². The number of nitrogens with zero attached hydrogens (tertiary/aromatic N) is 1. The van der Waals surface area contributed by atoms with E-state index in [4.69, 9.17) is 4.74 Å². The van der Waals surface area contributed by atoms with Gasteiger partial charge in [0.25, 0.3) is 0 Å². The van der Waals surface area contributed by atoms with Crippen molar-refractivity contribution in [2.45, 2.75) is 27.2 Å². The number of terminal acetylenes is 1. The van der Waals surface area contributed by atoms with E-state index in [-0.39, 0.29) is 5.82 Å². The first-order valence-electron chi connectivity index (χ1n) is 6.95. The molecule has 21 heavy (non-hydrogen) atoms. The summed E-state index contributed by atoms with van der Waals surface area (Å²) in [4.78, 5) is 3.72. The summed E-state index contributed by atoms with van der Waals surface area (Å²) in [7, 11) is 0. The molecule has 1 fully saturated rings. The zero-order chi connectivity index (χ0) is 16.5. The van der Waals surface area contributed by atoms with E-state index in [2.05, 4.69) is 29.7 Å². The Bertz CT molecular complexity index is 356. The van der Waals surface area contributed by atoms with E-state index in [1.807, 2.05) is 20.8 Å². The average molecular weight is 294 g/mol. The molecule has 0 spiro atoms. The fraction of sp³-hybridized carbons (Fsp3) is 0.471. The number of nitrogens with one attached hydrogen (secondary N) is 1. The maximum absolute atomic E-state index is 12.8. The highest BCUT2D eigenvalue weighted by Gasteiger charge is 2.01. The van der Waals surface area contributed by atoms with Crippen LogP contribution < -0.4 is 5.32 Å². The van der Waals surface area contributed by atoms with Crippen LogP contribution in [0.4, 0.5) is 4.39 Å². The smallest absolute Gasteiger partial charge is 0.144 e. The van der Waals surface area contributed by atoms with Crippen molar-refractivity contribution in [1.82, 2.24) is 10.3 Å². The molecular formula is C17H27FN2O. The van der Waals surface area contributed by atoms with Crippen LogP contribution >= 0.6 is 0 Å². The molecule has 0 atom stereocenters. The van der Waals surface area contributed by atoms with Crippen molar-refractivity contribution in [2.75, 3.05) is 26.3 Å². The van der Waals surface area contributed by atoms with Crippen LogP contribution in [0.3, 0.4) is 0 Å². The van der Waals surface area contributed by atoms with E-state index in [1.165, 1.54) is 6.20 Å². The van der Waals surface area contributed by atoms with Crippen molar-refractivity contribution in [2.24, 2.45) is 0 Å². The molecule has 0 bridgehead atoms. The van der Waals surface area contributed by atoms with E-state index < -0.39 is 0 Å². The lowest BCUT2D eigenvalue weighted by Crippen LogP contribution is -2.30. The van der Waals surface area contributed by atoms with Crippen molar-refractivity contribution >= 4 is 0 Å². The quantitative estimate of drug-likeness (QED) is 0.638. The highest BCUT2D eigenvalue weighted by molar-refractivity contribution is 5.22. The Morgan fingerprint density at radius 1 is 1.38 bits per heavy atom. The van der Waals surface area contributed by atoms with Gasteiger partial charge in [-0.15, -0.1) is 19.4 Å². The van der Waals surface area contributed by atoms with Crippen LogP contribution in [0, 0.1) is 25.6 Å². The van der Waals surface area contributed by atoms with Gasteiger partial charge in [-0.25, -0.2) is 4.39 Å².